The predicted molar refractivity (Wildman–Crippen MR) is 129 cm³/mol. The van der Waals surface area contributed by atoms with Crippen LogP contribution in [0, 0.1) is 0 Å². The van der Waals surface area contributed by atoms with E-state index in [1.807, 2.05) is 12.1 Å². The van der Waals surface area contributed by atoms with Gasteiger partial charge in [0.2, 0.25) is 0 Å². The van der Waals surface area contributed by atoms with Gasteiger partial charge in [-0.25, -0.2) is 0 Å². The van der Waals surface area contributed by atoms with Crippen LogP contribution in [0.25, 0.3) is 22.3 Å². The summed E-state index contributed by atoms with van der Waals surface area (Å²) >= 11 is 22.4. The third-order valence-corrected chi connectivity index (χ3v) is 8.37. The van der Waals surface area contributed by atoms with E-state index in [9.17, 15) is 0 Å². The molecule has 0 saturated carbocycles. The molecule has 0 atom stereocenters. The molecule has 3 aromatic carbocycles. The minimum Gasteiger partial charge on any atom is -0.0622 e. The fraction of sp³-hybridized carbons (Fsp3) is 0.0526. The van der Waals surface area contributed by atoms with Gasteiger partial charge >= 0.3 is 0 Å². The highest BCUT2D eigenvalue weighted by atomic mass is 80.0. The maximum absolute atomic E-state index is 3.79. The topological polar surface area (TPSA) is 0 Å². The van der Waals surface area contributed by atoms with E-state index in [2.05, 4.69) is 144 Å². The average molecular weight is 718 g/mol. The molecule has 0 spiro atoms. The van der Waals surface area contributed by atoms with Gasteiger partial charge in [-0.2, -0.15) is 0 Å². The van der Waals surface area contributed by atoms with Crippen molar-refractivity contribution in [3.63, 3.8) is 0 Å². The zero-order valence-electron chi connectivity index (χ0n) is 12.5. The van der Waals surface area contributed by atoms with Crippen molar-refractivity contribution < 1.29 is 0 Å². The van der Waals surface area contributed by atoms with Crippen LogP contribution in [-0.4, -0.2) is 0 Å². The van der Waals surface area contributed by atoms with Gasteiger partial charge in [0.1, 0.15) is 0 Å². The Morgan fingerprint density at radius 3 is 1.40 bits per heavy atom. The lowest BCUT2D eigenvalue weighted by Crippen LogP contribution is -2.06. The first-order chi connectivity index (χ1) is 11.8. The van der Waals surface area contributed by atoms with E-state index in [-0.39, 0.29) is 0 Å². The molecule has 0 nitrogen and oxygen atoms in total. The first kappa shape index (κ1) is 20.3. The molecule has 0 aliphatic heterocycles. The number of alkyl halides is 3. The molecule has 3 rings (SSSR count). The summed E-state index contributed by atoms with van der Waals surface area (Å²) in [4.78, 5) is 0. The molecule has 0 aliphatic rings. The van der Waals surface area contributed by atoms with E-state index < -0.39 is 2.14 Å². The SMILES string of the molecule is Brc1c(Br)c(-c2ccccc2)c(-c2ccccc2)c(C(Br)(Br)Br)c1Br. The summed E-state index contributed by atoms with van der Waals surface area (Å²) in [5.41, 5.74) is 5.57. The Bertz CT molecular complexity index is 899. The van der Waals surface area contributed by atoms with Gasteiger partial charge in [-0.1, -0.05) is 108 Å². The first-order valence-corrected chi connectivity index (χ1v) is 12.0. The third-order valence-electron chi connectivity index (χ3n) is 3.73. The van der Waals surface area contributed by atoms with E-state index in [0.717, 1.165) is 41.2 Å². The molecule has 0 saturated heterocycles. The molecule has 0 fully saturated rings. The molecule has 25 heavy (non-hydrogen) atoms. The maximum Gasteiger partial charge on any atom is 0.161 e. The Kier molecular flexibility index (Phi) is 6.71. The standard InChI is InChI=1S/C19H10Br6/c20-16-14(12-9-5-2-6-10-12)13(11-7-3-1-4-8-11)15(19(23,24)25)17(21)18(16)22/h1-10H. The van der Waals surface area contributed by atoms with Gasteiger partial charge in [-0.05, 0) is 64.5 Å². The smallest absolute Gasteiger partial charge is 0.0622 e. The van der Waals surface area contributed by atoms with E-state index in [0.29, 0.717) is 0 Å². The maximum atomic E-state index is 3.79. The second kappa shape index (κ2) is 8.27. The summed E-state index contributed by atoms with van der Waals surface area (Å²) in [6.45, 7) is 0. The molecular formula is C19H10Br6. The summed E-state index contributed by atoms with van der Waals surface area (Å²) in [5, 5.41) is 0. The second-order valence-electron chi connectivity index (χ2n) is 5.30. The zero-order chi connectivity index (χ0) is 18.2. The minimum absolute atomic E-state index is 0.580. The molecule has 0 bridgehead atoms. The van der Waals surface area contributed by atoms with Crippen molar-refractivity contribution in [2.24, 2.45) is 0 Å². The molecule has 3 aromatic rings. The fourth-order valence-electron chi connectivity index (χ4n) is 2.70. The lowest BCUT2D eigenvalue weighted by molar-refractivity contribution is 1.31. The molecular weight excluding hydrogens is 708 g/mol. The van der Waals surface area contributed by atoms with E-state index >= 15 is 0 Å². The summed E-state index contributed by atoms with van der Waals surface area (Å²) in [6.07, 6.45) is 0. The van der Waals surface area contributed by atoms with E-state index in [1.54, 1.807) is 0 Å². The Morgan fingerprint density at radius 1 is 0.520 bits per heavy atom. The molecule has 0 unspecified atom stereocenters. The van der Waals surface area contributed by atoms with Crippen LogP contribution in [0.5, 0.6) is 0 Å². The lowest BCUT2D eigenvalue weighted by Gasteiger charge is -2.25. The van der Waals surface area contributed by atoms with Crippen molar-refractivity contribution in [1.29, 1.82) is 0 Å². The molecule has 128 valence electrons. The Balaban J connectivity index is 2.52. The van der Waals surface area contributed by atoms with Crippen molar-refractivity contribution in [1.82, 2.24) is 0 Å². The van der Waals surface area contributed by atoms with Crippen molar-refractivity contribution in [3.8, 4) is 22.3 Å². The van der Waals surface area contributed by atoms with Gasteiger partial charge in [0.25, 0.3) is 0 Å². The number of rotatable bonds is 2. The van der Waals surface area contributed by atoms with Gasteiger partial charge in [0, 0.05) is 24.5 Å². The van der Waals surface area contributed by atoms with Crippen LogP contribution in [0.3, 0.4) is 0 Å². The van der Waals surface area contributed by atoms with Gasteiger partial charge < -0.3 is 0 Å². The number of hydrogen-bond donors (Lipinski definition) is 0. The monoisotopic (exact) mass is 712 g/mol. The van der Waals surface area contributed by atoms with Crippen LogP contribution >= 0.6 is 95.6 Å². The highest BCUT2D eigenvalue weighted by Crippen LogP contribution is 2.57. The molecule has 0 heterocycles. The predicted octanol–water partition coefficient (Wildman–Crippen LogP) is 9.60. The van der Waals surface area contributed by atoms with Gasteiger partial charge in [-0.3, -0.25) is 0 Å². The lowest BCUT2D eigenvalue weighted by atomic mass is 9.91. The zero-order valence-corrected chi connectivity index (χ0v) is 22.1. The van der Waals surface area contributed by atoms with E-state index in [4.69, 9.17) is 0 Å². The molecule has 0 aromatic heterocycles. The molecule has 0 radical (unpaired) electrons. The largest absolute Gasteiger partial charge is 0.161 e. The summed E-state index contributed by atoms with van der Waals surface area (Å²) in [6, 6.07) is 20.7. The summed E-state index contributed by atoms with van der Waals surface area (Å²) in [7, 11) is 0. The van der Waals surface area contributed by atoms with Crippen LogP contribution in [0.2, 0.25) is 0 Å². The molecule has 6 heteroatoms. The van der Waals surface area contributed by atoms with Crippen LogP contribution in [0.1, 0.15) is 5.56 Å². The first-order valence-electron chi connectivity index (χ1n) is 7.21. The summed E-state index contributed by atoms with van der Waals surface area (Å²) in [5.74, 6) is 0. The van der Waals surface area contributed by atoms with E-state index in [1.165, 1.54) is 0 Å². The highest BCUT2D eigenvalue weighted by Gasteiger charge is 2.33. The van der Waals surface area contributed by atoms with Crippen LogP contribution in [0.15, 0.2) is 74.1 Å². The number of benzene rings is 3. The Labute approximate surface area is 197 Å². The third kappa shape index (κ3) is 4.19. The molecule has 0 aliphatic carbocycles. The molecule has 0 N–H and O–H groups in total. The Morgan fingerprint density at radius 2 is 0.960 bits per heavy atom. The Hall–Kier alpha value is 0.540. The molecule has 0 amide bonds. The van der Waals surface area contributed by atoms with Crippen LogP contribution in [0.4, 0.5) is 0 Å². The second-order valence-corrected chi connectivity index (χ2v) is 14.4. The summed E-state index contributed by atoms with van der Waals surface area (Å²) < 4.78 is 2.35. The van der Waals surface area contributed by atoms with Crippen molar-refractivity contribution in [2.75, 3.05) is 0 Å². The van der Waals surface area contributed by atoms with Crippen molar-refractivity contribution in [3.05, 3.63) is 79.6 Å². The quantitative estimate of drug-likeness (QED) is 0.183. The van der Waals surface area contributed by atoms with Crippen LogP contribution in [-0.2, 0) is 2.14 Å². The fourth-order valence-corrected chi connectivity index (χ4v) is 6.67. The number of hydrogen-bond acceptors (Lipinski definition) is 0. The highest BCUT2D eigenvalue weighted by molar-refractivity contribution is 9.38. The number of halogens is 6. The van der Waals surface area contributed by atoms with Crippen LogP contribution < -0.4 is 0 Å². The van der Waals surface area contributed by atoms with Gasteiger partial charge in [0.05, 0.1) is 0 Å². The van der Waals surface area contributed by atoms with Crippen molar-refractivity contribution >= 4 is 95.6 Å². The van der Waals surface area contributed by atoms with Gasteiger partial charge in [-0.15, -0.1) is 0 Å². The van der Waals surface area contributed by atoms with Crippen molar-refractivity contribution in [2.45, 2.75) is 2.14 Å². The minimum atomic E-state index is -0.580. The average Bonchev–Trinajstić information content (AvgIpc) is 2.59. The van der Waals surface area contributed by atoms with Gasteiger partial charge in [0.15, 0.2) is 2.14 Å². The normalized spacial score (nSPS) is 11.6.